The van der Waals surface area contributed by atoms with Gasteiger partial charge in [-0.05, 0) is 18.6 Å². The Morgan fingerprint density at radius 3 is 2.62 bits per heavy atom. The number of hydrogen-bond donors (Lipinski definition) is 0. The van der Waals surface area contributed by atoms with Gasteiger partial charge < -0.3 is 0 Å². The number of hydrogen-bond acceptors (Lipinski definition) is 2. The quantitative estimate of drug-likeness (QED) is 0.752. The summed E-state index contributed by atoms with van der Waals surface area (Å²) in [6.07, 6.45) is -2.78. The molecule has 86 valence electrons. The van der Waals surface area contributed by atoms with Crippen LogP contribution in [0, 0.1) is 6.92 Å². The van der Waals surface area contributed by atoms with Gasteiger partial charge in [0.15, 0.2) is 11.5 Å². The largest absolute Gasteiger partial charge is 0.417 e. The maximum absolute atomic E-state index is 12.5. The number of nitrogens with zero attached hydrogens (tertiary/aromatic N) is 3. The summed E-state index contributed by atoms with van der Waals surface area (Å²) >= 11 is 0. The molecule has 6 heteroatoms. The number of fused-ring (bicyclic) bond motifs is 1. The fraction of sp³-hybridized carbons (Fsp3) is 0.400. The van der Waals surface area contributed by atoms with Crippen molar-refractivity contribution >= 4 is 5.65 Å². The molecule has 0 aliphatic rings. The van der Waals surface area contributed by atoms with Crippen LogP contribution in [0.4, 0.5) is 13.2 Å². The molecular formula is C10H10F3N3. The first-order valence-electron chi connectivity index (χ1n) is 4.85. The van der Waals surface area contributed by atoms with E-state index in [4.69, 9.17) is 0 Å². The Kier molecular flexibility index (Phi) is 2.36. The molecule has 2 aromatic rings. The van der Waals surface area contributed by atoms with E-state index < -0.39 is 11.7 Å². The predicted molar refractivity (Wildman–Crippen MR) is 52.1 cm³/mol. The van der Waals surface area contributed by atoms with Gasteiger partial charge in [-0.25, -0.2) is 9.50 Å². The lowest BCUT2D eigenvalue weighted by molar-refractivity contribution is -0.137. The lowest BCUT2D eigenvalue weighted by Gasteiger charge is -2.07. The Hall–Kier alpha value is -1.59. The molecule has 0 unspecified atom stereocenters. The molecule has 0 aliphatic heterocycles. The first-order chi connectivity index (χ1) is 7.41. The maximum atomic E-state index is 12.5. The first-order valence-corrected chi connectivity index (χ1v) is 4.85. The molecule has 2 rings (SSSR count). The molecule has 0 saturated heterocycles. The average Bonchev–Trinajstić information content (AvgIpc) is 2.59. The van der Waals surface area contributed by atoms with Crippen molar-refractivity contribution in [1.29, 1.82) is 0 Å². The molecular weight excluding hydrogens is 219 g/mol. The number of aryl methyl sites for hydroxylation is 2. The van der Waals surface area contributed by atoms with Crippen LogP contribution in [0.3, 0.4) is 0 Å². The van der Waals surface area contributed by atoms with E-state index in [9.17, 15) is 13.2 Å². The highest BCUT2D eigenvalue weighted by Gasteiger charge is 2.31. The van der Waals surface area contributed by atoms with Gasteiger partial charge >= 0.3 is 6.18 Å². The lowest BCUT2D eigenvalue weighted by atomic mass is 10.2. The Morgan fingerprint density at radius 1 is 1.38 bits per heavy atom. The predicted octanol–water partition coefficient (Wildman–Crippen LogP) is 2.62. The van der Waals surface area contributed by atoms with E-state index in [1.165, 1.54) is 4.52 Å². The van der Waals surface area contributed by atoms with Crippen LogP contribution in [-0.2, 0) is 12.6 Å². The summed E-state index contributed by atoms with van der Waals surface area (Å²) in [6, 6.07) is 1.09. The molecule has 0 aromatic carbocycles. The second-order valence-electron chi connectivity index (χ2n) is 3.56. The van der Waals surface area contributed by atoms with Gasteiger partial charge in [0, 0.05) is 12.6 Å². The zero-order chi connectivity index (χ0) is 11.9. The van der Waals surface area contributed by atoms with Crippen LogP contribution in [0.5, 0.6) is 0 Å². The average molecular weight is 229 g/mol. The number of pyridine rings is 1. The van der Waals surface area contributed by atoms with E-state index in [1.807, 2.05) is 6.92 Å². The third-order valence-electron chi connectivity index (χ3n) is 2.30. The smallest absolute Gasteiger partial charge is 0.220 e. The minimum atomic E-state index is -4.35. The minimum absolute atomic E-state index is 0.474. The van der Waals surface area contributed by atoms with Crippen molar-refractivity contribution < 1.29 is 13.2 Å². The number of halogens is 3. The van der Waals surface area contributed by atoms with Crippen LogP contribution < -0.4 is 0 Å². The summed E-state index contributed by atoms with van der Waals surface area (Å²) in [7, 11) is 0. The van der Waals surface area contributed by atoms with E-state index in [0.717, 1.165) is 12.3 Å². The summed E-state index contributed by atoms with van der Waals surface area (Å²) in [5, 5.41) is 3.97. The summed E-state index contributed by atoms with van der Waals surface area (Å²) in [4.78, 5) is 4.14. The molecule has 2 heterocycles. The summed E-state index contributed by atoms with van der Waals surface area (Å²) in [6.45, 7) is 3.45. The van der Waals surface area contributed by atoms with Crippen molar-refractivity contribution in [3.05, 3.63) is 29.2 Å². The van der Waals surface area contributed by atoms with Crippen LogP contribution >= 0.6 is 0 Å². The lowest BCUT2D eigenvalue weighted by Crippen LogP contribution is -2.07. The van der Waals surface area contributed by atoms with Gasteiger partial charge in [-0.15, -0.1) is 0 Å². The number of aromatic nitrogens is 3. The van der Waals surface area contributed by atoms with Gasteiger partial charge in [0.2, 0.25) is 0 Å². The molecule has 0 atom stereocenters. The van der Waals surface area contributed by atoms with Gasteiger partial charge in [0.25, 0.3) is 0 Å². The molecule has 3 nitrogen and oxygen atoms in total. The Balaban J connectivity index is 2.67. The highest BCUT2D eigenvalue weighted by molar-refractivity contribution is 5.48. The standard InChI is InChI=1S/C10H10F3N3/c1-3-8-14-9-6(2)4-7(10(11,12)13)5-16(9)15-8/h4-5H,3H2,1-2H3. The van der Waals surface area contributed by atoms with Crippen LogP contribution in [0.1, 0.15) is 23.9 Å². The van der Waals surface area contributed by atoms with Crippen molar-refractivity contribution in [2.75, 3.05) is 0 Å². The van der Waals surface area contributed by atoms with Crippen LogP contribution in [0.15, 0.2) is 12.3 Å². The minimum Gasteiger partial charge on any atom is -0.220 e. The molecule has 0 N–H and O–H groups in total. The zero-order valence-electron chi connectivity index (χ0n) is 8.84. The summed E-state index contributed by atoms with van der Waals surface area (Å²) in [5.41, 5.74) is 0.247. The van der Waals surface area contributed by atoms with E-state index >= 15 is 0 Å². The van der Waals surface area contributed by atoms with E-state index in [2.05, 4.69) is 10.1 Å². The highest BCUT2D eigenvalue weighted by Crippen LogP contribution is 2.30. The van der Waals surface area contributed by atoms with E-state index in [1.54, 1.807) is 6.92 Å². The Morgan fingerprint density at radius 2 is 2.06 bits per heavy atom. The fourth-order valence-corrected chi connectivity index (χ4v) is 1.50. The SMILES string of the molecule is CCc1nc2c(C)cc(C(F)(F)F)cn2n1. The maximum Gasteiger partial charge on any atom is 0.417 e. The van der Waals surface area contributed by atoms with Crippen LogP contribution in [-0.4, -0.2) is 14.6 Å². The molecule has 0 bridgehead atoms. The first kappa shape index (κ1) is 10.9. The molecule has 0 aliphatic carbocycles. The molecule has 0 saturated carbocycles. The molecule has 0 fully saturated rings. The van der Waals surface area contributed by atoms with Crippen molar-refractivity contribution in [2.24, 2.45) is 0 Å². The fourth-order valence-electron chi connectivity index (χ4n) is 1.50. The number of alkyl halides is 3. The van der Waals surface area contributed by atoms with Crippen molar-refractivity contribution in [2.45, 2.75) is 26.4 Å². The second-order valence-corrected chi connectivity index (χ2v) is 3.56. The normalized spacial score (nSPS) is 12.3. The van der Waals surface area contributed by atoms with Gasteiger partial charge in [0.05, 0.1) is 5.56 Å². The molecule has 16 heavy (non-hydrogen) atoms. The summed E-state index contributed by atoms with van der Waals surface area (Å²) in [5.74, 6) is 0.544. The van der Waals surface area contributed by atoms with Crippen molar-refractivity contribution in [1.82, 2.24) is 14.6 Å². The number of rotatable bonds is 1. The van der Waals surface area contributed by atoms with Gasteiger partial charge in [-0.3, -0.25) is 0 Å². The van der Waals surface area contributed by atoms with E-state index in [-0.39, 0.29) is 0 Å². The molecule has 2 aromatic heterocycles. The van der Waals surface area contributed by atoms with Gasteiger partial charge in [-0.1, -0.05) is 6.92 Å². The second kappa shape index (κ2) is 3.47. The zero-order valence-corrected chi connectivity index (χ0v) is 8.84. The summed E-state index contributed by atoms with van der Waals surface area (Å²) < 4.78 is 38.8. The highest BCUT2D eigenvalue weighted by atomic mass is 19.4. The van der Waals surface area contributed by atoms with Crippen molar-refractivity contribution in [3.63, 3.8) is 0 Å². The van der Waals surface area contributed by atoms with Crippen LogP contribution in [0.2, 0.25) is 0 Å². The van der Waals surface area contributed by atoms with Gasteiger partial charge in [-0.2, -0.15) is 18.3 Å². The third-order valence-corrected chi connectivity index (χ3v) is 2.30. The Bertz CT molecular complexity index is 528. The molecule has 0 radical (unpaired) electrons. The molecule has 0 spiro atoms. The molecule has 0 amide bonds. The van der Waals surface area contributed by atoms with Gasteiger partial charge in [0.1, 0.15) is 0 Å². The monoisotopic (exact) mass is 229 g/mol. The van der Waals surface area contributed by atoms with Crippen molar-refractivity contribution in [3.8, 4) is 0 Å². The Labute approximate surface area is 89.9 Å². The topological polar surface area (TPSA) is 30.2 Å². The third kappa shape index (κ3) is 1.75. The van der Waals surface area contributed by atoms with E-state index in [0.29, 0.717) is 23.5 Å². The van der Waals surface area contributed by atoms with Crippen LogP contribution in [0.25, 0.3) is 5.65 Å².